The van der Waals surface area contributed by atoms with E-state index in [-0.39, 0.29) is 16.0 Å². The number of halogens is 1. The highest BCUT2D eigenvalue weighted by atomic mass is 32.2. The number of allylic oxidation sites excluding steroid dienone is 1. The molecule has 3 rings (SSSR count). The highest BCUT2D eigenvalue weighted by Gasteiger charge is 2.14. The minimum Gasteiger partial charge on any atom is -0.318 e. The molecule has 5 nitrogen and oxygen atoms in total. The summed E-state index contributed by atoms with van der Waals surface area (Å²) in [7, 11) is -3.76. The summed E-state index contributed by atoms with van der Waals surface area (Å²) in [6.07, 6.45) is 1.65. The predicted molar refractivity (Wildman–Crippen MR) is 107 cm³/mol. The lowest BCUT2D eigenvalue weighted by atomic mass is 10.0. The number of primary sulfonamides is 1. The van der Waals surface area contributed by atoms with Crippen molar-refractivity contribution in [2.75, 3.05) is 0 Å². The molecule has 2 N–H and O–H groups in total. The van der Waals surface area contributed by atoms with Gasteiger partial charge in [0.25, 0.3) is 0 Å². The molecule has 28 heavy (non-hydrogen) atoms. The third-order valence-electron chi connectivity index (χ3n) is 4.48. The Hall–Kier alpha value is -3.21. The van der Waals surface area contributed by atoms with Crippen LogP contribution in [0.5, 0.6) is 0 Å². The first kappa shape index (κ1) is 19.5. The highest BCUT2D eigenvalue weighted by molar-refractivity contribution is 7.89. The van der Waals surface area contributed by atoms with Crippen molar-refractivity contribution >= 4 is 21.7 Å². The molecule has 1 heterocycles. The Morgan fingerprint density at radius 3 is 2.36 bits per heavy atom. The van der Waals surface area contributed by atoms with Crippen LogP contribution in [0, 0.1) is 31.0 Å². The molecule has 0 unspecified atom stereocenters. The Balaban J connectivity index is 2.08. The van der Waals surface area contributed by atoms with Crippen LogP contribution in [0.4, 0.5) is 4.39 Å². The number of aromatic nitrogens is 1. The Bertz CT molecular complexity index is 1220. The summed E-state index contributed by atoms with van der Waals surface area (Å²) in [6, 6.07) is 16.3. The van der Waals surface area contributed by atoms with Crippen LogP contribution in [-0.2, 0) is 10.0 Å². The van der Waals surface area contributed by atoms with E-state index in [1.807, 2.05) is 24.5 Å². The van der Waals surface area contributed by atoms with Crippen molar-refractivity contribution in [3.05, 3.63) is 82.9 Å². The SMILES string of the molecule is Cc1cc(/C=C(/C#N)c2ccccc2F)c(C)n1-c1ccc(S(N)(=O)=O)cc1. The van der Waals surface area contributed by atoms with Crippen molar-refractivity contribution in [3.8, 4) is 11.8 Å². The Kier molecular flexibility index (Phi) is 5.18. The zero-order chi connectivity index (χ0) is 20.5. The summed E-state index contributed by atoms with van der Waals surface area (Å²) in [5, 5.41) is 14.6. The van der Waals surface area contributed by atoms with Gasteiger partial charge in [0.15, 0.2) is 0 Å². The highest BCUT2D eigenvalue weighted by Crippen LogP contribution is 2.26. The molecule has 0 fully saturated rings. The van der Waals surface area contributed by atoms with Gasteiger partial charge in [-0.15, -0.1) is 0 Å². The molecule has 142 valence electrons. The molecule has 2 aromatic carbocycles. The van der Waals surface area contributed by atoms with Crippen LogP contribution in [0.2, 0.25) is 0 Å². The number of nitriles is 1. The number of hydrogen-bond acceptors (Lipinski definition) is 3. The van der Waals surface area contributed by atoms with E-state index < -0.39 is 15.8 Å². The second-order valence-electron chi connectivity index (χ2n) is 6.35. The third-order valence-corrected chi connectivity index (χ3v) is 5.41. The first-order valence-electron chi connectivity index (χ1n) is 8.41. The lowest BCUT2D eigenvalue weighted by Crippen LogP contribution is -2.12. The maximum atomic E-state index is 14.1. The molecule has 0 saturated carbocycles. The van der Waals surface area contributed by atoms with Crippen LogP contribution in [0.3, 0.4) is 0 Å². The second kappa shape index (κ2) is 7.43. The lowest BCUT2D eigenvalue weighted by molar-refractivity contribution is 0.598. The third kappa shape index (κ3) is 3.74. The van der Waals surface area contributed by atoms with Gasteiger partial charge in [-0.2, -0.15) is 5.26 Å². The monoisotopic (exact) mass is 395 g/mol. The standard InChI is InChI=1S/C21H18FN3O2S/c1-14-11-16(12-17(13-23)20-5-3-4-6-21(20)22)15(2)25(14)18-7-9-19(10-8-18)28(24,26)27/h3-12H,1-2H3,(H2,24,26,27)/b17-12-. The molecule has 1 aromatic heterocycles. The first-order chi connectivity index (χ1) is 13.2. The second-order valence-corrected chi connectivity index (χ2v) is 7.91. The fourth-order valence-electron chi connectivity index (χ4n) is 3.12. The van der Waals surface area contributed by atoms with E-state index in [0.717, 1.165) is 22.6 Å². The zero-order valence-electron chi connectivity index (χ0n) is 15.3. The first-order valence-corrected chi connectivity index (χ1v) is 9.96. The lowest BCUT2D eigenvalue weighted by Gasteiger charge is -2.10. The summed E-state index contributed by atoms with van der Waals surface area (Å²) in [4.78, 5) is 0.0325. The molecule has 7 heteroatoms. The zero-order valence-corrected chi connectivity index (χ0v) is 16.2. The summed E-state index contributed by atoms with van der Waals surface area (Å²) >= 11 is 0. The number of nitrogens with two attached hydrogens (primary N) is 1. The number of aryl methyl sites for hydroxylation is 1. The molecule has 0 bridgehead atoms. The molecule has 0 spiro atoms. The number of sulfonamides is 1. The maximum Gasteiger partial charge on any atom is 0.238 e. The van der Waals surface area contributed by atoms with Gasteiger partial charge in [-0.1, -0.05) is 18.2 Å². The number of hydrogen-bond donors (Lipinski definition) is 1. The van der Waals surface area contributed by atoms with Crippen molar-refractivity contribution in [1.82, 2.24) is 4.57 Å². The van der Waals surface area contributed by atoms with E-state index in [0.29, 0.717) is 0 Å². The van der Waals surface area contributed by atoms with Crippen molar-refractivity contribution in [1.29, 1.82) is 5.26 Å². The molecule has 3 aromatic rings. The summed E-state index contributed by atoms with van der Waals surface area (Å²) < 4.78 is 38.9. The normalized spacial score (nSPS) is 12.0. The summed E-state index contributed by atoms with van der Waals surface area (Å²) in [6.45, 7) is 3.77. The van der Waals surface area contributed by atoms with Gasteiger partial charge in [0.2, 0.25) is 10.0 Å². The predicted octanol–water partition coefficient (Wildman–Crippen LogP) is 3.94. The Morgan fingerprint density at radius 1 is 1.14 bits per heavy atom. The number of rotatable bonds is 4. The van der Waals surface area contributed by atoms with Crippen LogP contribution in [0.25, 0.3) is 17.3 Å². The van der Waals surface area contributed by atoms with E-state index in [2.05, 4.69) is 6.07 Å². The maximum absolute atomic E-state index is 14.1. The fraction of sp³-hybridized carbons (Fsp3) is 0.0952. The molecule has 0 saturated heterocycles. The van der Waals surface area contributed by atoms with Crippen LogP contribution in [0.15, 0.2) is 59.5 Å². The van der Waals surface area contributed by atoms with Gasteiger partial charge in [0.1, 0.15) is 5.82 Å². The van der Waals surface area contributed by atoms with E-state index in [9.17, 15) is 18.1 Å². The quantitative estimate of drug-likeness (QED) is 0.679. The molecule has 0 aliphatic rings. The van der Waals surface area contributed by atoms with Gasteiger partial charge in [0, 0.05) is 22.6 Å². The summed E-state index contributed by atoms with van der Waals surface area (Å²) in [5.74, 6) is -0.456. The molecular formula is C21H18FN3O2S. The fourth-order valence-corrected chi connectivity index (χ4v) is 3.64. The minimum atomic E-state index is -3.76. The van der Waals surface area contributed by atoms with Gasteiger partial charge < -0.3 is 4.57 Å². The van der Waals surface area contributed by atoms with Crippen molar-refractivity contribution in [2.45, 2.75) is 18.7 Å². The van der Waals surface area contributed by atoms with E-state index in [4.69, 9.17) is 5.14 Å². The Labute approximate surface area is 163 Å². The topological polar surface area (TPSA) is 88.9 Å². The average molecular weight is 395 g/mol. The summed E-state index contributed by atoms with van der Waals surface area (Å²) in [5.41, 5.74) is 3.72. The van der Waals surface area contributed by atoms with Crippen LogP contribution in [0.1, 0.15) is 22.5 Å². The molecular weight excluding hydrogens is 377 g/mol. The van der Waals surface area contributed by atoms with Crippen LogP contribution >= 0.6 is 0 Å². The number of nitrogens with zero attached hydrogens (tertiary/aromatic N) is 2. The van der Waals surface area contributed by atoms with E-state index in [1.165, 1.54) is 18.2 Å². The van der Waals surface area contributed by atoms with Crippen LogP contribution in [-0.4, -0.2) is 13.0 Å². The molecule has 0 aliphatic heterocycles. The van der Waals surface area contributed by atoms with E-state index >= 15 is 0 Å². The van der Waals surface area contributed by atoms with Crippen LogP contribution < -0.4 is 5.14 Å². The van der Waals surface area contributed by atoms with Gasteiger partial charge in [0.05, 0.1) is 16.5 Å². The van der Waals surface area contributed by atoms with Gasteiger partial charge in [-0.3, -0.25) is 0 Å². The molecule has 0 atom stereocenters. The van der Waals surface area contributed by atoms with Crippen molar-refractivity contribution in [3.63, 3.8) is 0 Å². The largest absolute Gasteiger partial charge is 0.318 e. The van der Waals surface area contributed by atoms with Gasteiger partial charge in [-0.25, -0.2) is 17.9 Å². The molecule has 0 radical (unpaired) electrons. The van der Waals surface area contributed by atoms with Crippen molar-refractivity contribution in [2.24, 2.45) is 5.14 Å². The van der Waals surface area contributed by atoms with Gasteiger partial charge >= 0.3 is 0 Å². The average Bonchev–Trinajstić information content (AvgIpc) is 2.93. The molecule has 0 aliphatic carbocycles. The Morgan fingerprint density at radius 2 is 1.79 bits per heavy atom. The van der Waals surface area contributed by atoms with Crippen molar-refractivity contribution < 1.29 is 12.8 Å². The molecule has 0 amide bonds. The number of benzene rings is 2. The minimum absolute atomic E-state index is 0.0325. The smallest absolute Gasteiger partial charge is 0.238 e. The van der Waals surface area contributed by atoms with Gasteiger partial charge in [-0.05, 0) is 61.9 Å². The van der Waals surface area contributed by atoms with E-state index in [1.54, 1.807) is 36.4 Å².